The second kappa shape index (κ2) is 9.27. The van der Waals surface area contributed by atoms with Gasteiger partial charge in [0.25, 0.3) is 5.91 Å². The molecule has 1 amide bonds. The molecule has 0 radical (unpaired) electrons. The van der Waals surface area contributed by atoms with Crippen LogP contribution < -0.4 is 14.8 Å². The average molecular weight is 355 g/mol. The van der Waals surface area contributed by atoms with E-state index in [0.29, 0.717) is 19.1 Å². The topological polar surface area (TPSA) is 47.6 Å². The van der Waals surface area contributed by atoms with Crippen LogP contribution in [0.25, 0.3) is 0 Å². The fraction of sp³-hybridized carbons (Fsp3) is 0.409. The highest BCUT2D eigenvalue weighted by atomic mass is 16.5. The highest BCUT2D eigenvalue weighted by Gasteiger charge is 2.17. The number of para-hydroxylation sites is 1. The van der Waals surface area contributed by atoms with Gasteiger partial charge in [0.1, 0.15) is 18.1 Å². The third-order valence-electron chi connectivity index (χ3n) is 4.22. The molecule has 0 bridgehead atoms. The Labute approximate surface area is 156 Å². The number of hydrogen-bond acceptors (Lipinski definition) is 3. The van der Waals surface area contributed by atoms with Gasteiger partial charge in [0.15, 0.2) is 6.10 Å². The van der Waals surface area contributed by atoms with Crippen LogP contribution in [-0.4, -0.2) is 25.2 Å². The standard InChI is InChI=1S/C22H29NO3/c1-15(2)19-11-10-16(3)14-21(19)26-18(5)22(24)23-12-13-25-20-9-7-6-8-17(20)4/h6-11,14-15,18H,12-13H2,1-5H3,(H,23,24). The van der Waals surface area contributed by atoms with Gasteiger partial charge in [-0.1, -0.05) is 44.2 Å². The number of benzene rings is 2. The number of aryl methyl sites for hydroxylation is 2. The highest BCUT2D eigenvalue weighted by molar-refractivity contribution is 5.80. The lowest BCUT2D eigenvalue weighted by Crippen LogP contribution is -2.38. The van der Waals surface area contributed by atoms with E-state index in [-0.39, 0.29) is 5.91 Å². The average Bonchev–Trinajstić information content (AvgIpc) is 2.59. The zero-order valence-electron chi connectivity index (χ0n) is 16.3. The molecular weight excluding hydrogens is 326 g/mol. The molecule has 4 nitrogen and oxygen atoms in total. The predicted octanol–water partition coefficient (Wildman–Crippen LogP) is 4.39. The van der Waals surface area contributed by atoms with E-state index in [9.17, 15) is 4.79 Å². The summed E-state index contributed by atoms with van der Waals surface area (Å²) in [5.74, 6) is 1.81. The van der Waals surface area contributed by atoms with Crippen molar-refractivity contribution in [3.8, 4) is 11.5 Å². The number of carbonyl (C=O) groups is 1. The summed E-state index contributed by atoms with van der Waals surface area (Å²) < 4.78 is 11.6. The monoisotopic (exact) mass is 355 g/mol. The molecule has 0 spiro atoms. The third-order valence-corrected chi connectivity index (χ3v) is 4.22. The molecule has 140 valence electrons. The Balaban J connectivity index is 1.84. The van der Waals surface area contributed by atoms with E-state index in [2.05, 4.69) is 31.3 Å². The van der Waals surface area contributed by atoms with E-state index in [4.69, 9.17) is 9.47 Å². The van der Waals surface area contributed by atoms with Crippen molar-refractivity contribution >= 4 is 5.91 Å². The molecule has 0 aliphatic rings. The Kier molecular flexibility index (Phi) is 7.07. The lowest BCUT2D eigenvalue weighted by Gasteiger charge is -2.19. The van der Waals surface area contributed by atoms with Gasteiger partial charge in [-0.15, -0.1) is 0 Å². The molecule has 1 atom stereocenters. The van der Waals surface area contributed by atoms with Crippen LogP contribution in [0.3, 0.4) is 0 Å². The molecular formula is C22H29NO3. The number of ether oxygens (including phenoxy) is 2. The van der Waals surface area contributed by atoms with Crippen molar-refractivity contribution < 1.29 is 14.3 Å². The maximum Gasteiger partial charge on any atom is 0.260 e. The number of amides is 1. The van der Waals surface area contributed by atoms with E-state index >= 15 is 0 Å². The summed E-state index contributed by atoms with van der Waals surface area (Å²) in [5, 5.41) is 2.87. The van der Waals surface area contributed by atoms with Gasteiger partial charge in [0, 0.05) is 0 Å². The SMILES string of the molecule is Cc1ccc(C(C)C)c(OC(C)C(=O)NCCOc2ccccc2C)c1. The van der Waals surface area contributed by atoms with Crippen molar-refractivity contribution in [2.75, 3.05) is 13.2 Å². The first-order valence-electron chi connectivity index (χ1n) is 9.12. The molecule has 0 aliphatic heterocycles. The molecule has 2 aromatic rings. The van der Waals surface area contributed by atoms with E-state index in [1.54, 1.807) is 6.92 Å². The predicted molar refractivity (Wildman–Crippen MR) is 105 cm³/mol. The van der Waals surface area contributed by atoms with Gasteiger partial charge < -0.3 is 14.8 Å². The molecule has 1 N–H and O–H groups in total. The second-order valence-corrected chi connectivity index (χ2v) is 6.86. The molecule has 0 fully saturated rings. The summed E-state index contributed by atoms with van der Waals surface area (Å²) in [6, 6.07) is 13.9. The number of rotatable bonds is 8. The Morgan fingerprint density at radius 2 is 1.77 bits per heavy atom. The van der Waals surface area contributed by atoms with Crippen molar-refractivity contribution in [1.29, 1.82) is 0 Å². The van der Waals surface area contributed by atoms with Crippen LogP contribution in [0.2, 0.25) is 0 Å². The lowest BCUT2D eigenvalue weighted by molar-refractivity contribution is -0.127. The summed E-state index contributed by atoms with van der Waals surface area (Å²) in [4.78, 5) is 12.3. The molecule has 26 heavy (non-hydrogen) atoms. The molecule has 0 aromatic heterocycles. The van der Waals surface area contributed by atoms with Gasteiger partial charge in [-0.05, 0) is 55.5 Å². The second-order valence-electron chi connectivity index (χ2n) is 6.86. The van der Waals surface area contributed by atoms with Crippen molar-refractivity contribution in [2.45, 2.75) is 46.6 Å². The van der Waals surface area contributed by atoms with Crippen LogP contribution >= 0.6 is 0 Å². The summed E-state index contributed by atoms with van der Waals surface area (Å²) in [5.41, 5.74) is 3.30. The molecule has 1 unspecified atom stereocenters. The maximum atomic E-state index is 12.3. The molecule has 0 saturated carbocycles. The largest absolute Gasteiger partial charge is 0.491 e. The van der Waals surface area contributed by atoms with Gasteiger partial charge in [-0.25, -0.2) is 0 Å². The fourth-order valence-electron chi connectivity index (χ4n) is 2.66. The van der Waals surface area contributed by atoms with Crippen LogP contribution in [0, 0.1) is 13.8 Å². The molecule has 0 saturated heterocycles. The van der Waals surface area contributed by atoms with Crippen LogP contribution in [-0.2, 0) is 4.79 Å². The number of carbonyl (C=O) groups excluding carboxylic acids is 1. The smallest absolute Gasteiger partial charge is 0.260 e. The van der Waals surface area contributed by atoms with Crippen molar-refractivity contribution in [1.82, 2.24) is 5.32 Å². The number of hydrogen-bond donors (Lipinski definition) is 1. The first kappa shape index (κ1) is 19.8. The highest BCUT2D eigenvalue weighted by Crippen LogP contribution is 2.28. The minimum absolute atomic E-state index is 0.144. The van der Waals surface area contributed by atoms with Crippen molar-refractivity contribution in [2.24, 2.45) is 0 Å². The minimum atomic E-state index is -0.562. The van der Waals surface area contributed by atoms with Crippen molar-refractivity contribution in [3.63, 3.8) is 0 Å². The van der Waals surface area contributed by atoms with Gasteiger partial charge in [0.05, 0.1) is 6.54 Å². The van der Waals surface area contributed by atoms with Crippen LogP contribution in [0.4, 0.5) is 0 Å². The summed E-state index contributed by atoms with van der Waals surface area (Å²) >= 11 is 0. The lowest BCUT2D eigenvalue weighted by atomic mass is 10.0. The molecule has 0 aliphatic carbocycles. The van der Waals surface area contributed by atoms with E-state index in [1.807, 2.05) is 44.2 Å². The first-order valence-corrected chi connectivity index (χ1v) is 9.12. The quantitative estimate of drug-likeness (QED) is 0.715. The van der Waals surface area contributed by atoms with Gasteiger partial charge >= 0.3 is 0 Å². The Morgan fingerprint density at radius 1 is 1.04 bits per heavy atom. The Morgan fingerprint density at radius 3 is 2.46 bits per heavy atom. The summed E-state index contributed by atoms with van der Waals surface area (Å²) in [6.07, 6.45) is -0.562. The maximum absolute atomic E-state index is 12.3. The molecule has 2 aromatic carbocycles. The van der Waals surface area contributed by atoms with Crippen LogP contribution in [0.5, 0.6) is 11.5 Å². The molecule has 2 rings (SSSR count). The van der Waals surface area contributed by atoms with Gasteiger partial charge in [0.2, 0.25) is 0 Å². The van der Waals surface area contributed by atoms with Gasteiger partial charge in [-0.2, -0.15) is 0 Å². The van der Waals surface area contributed by atoms with Crippen LogP contribution in [0.15, 0.2) is 42.5 Å². The van der Waals surface area contributed by atoms with Crippen molar-refractivity contribution in [3.05, 3.63) is 59.2 Å². The van der Waals surface area contributed by atoms with E-state index < -0.39 is 6.10 Å². The Bertz CT molecular complexity index is 740. The minimum Gasteiger partial charge on any atom is -0.491 e. The third kappa shape index (κ3) is 5.51. The fourth-order valence-corrected chi connectivity index (χ4v) is 2.66. The Hall–Kier alpha value is -2.49. The summed E-state index contributed by atoms with van der Waals surface area (Å²) in [6.45, 7) is 10.9. The van der Waals surface area contributed by atoms with E-state index in [1.165, 1.54) is 0 Å². The molecule has 4 heteroatoms. The zero-order valence-corrected chi connectivity index (χ0v) is 16.3. The zero-order chi connectivity index (χ0) is 19.1. The summed E-state index contributed by atoms with van der Waals surface area (Å²) in [7, 11) is 0. The van der Waals surface area contributed by atoms with E-state index in [0.717, 1.165) is 28.2 Å². The molecule has 0 heterocycles. The normalized spacial score (nSPS) is 11.9. The first-order chi connectivity index (χ1) is 12.4. The van der Waals surface area contributed by atoms with Crippen LogP contribution in [0.1, 0.15) is 43.4 Å². The number of nitrogens with one attached hydrogen (secondary N) is 1. The van der Waals surface area contributed by atoms with Gasteiger partial charge in [-0.3, -0.25) is 4.79 Å².